The highest BCUT2D eigenvalue weighted by atomic mass is 35.5. The molecule has 1 amide bonds. The number of carbonyl (C=O) groups excluding carboxylic acids is 1. The van der Waals surface area contributed by atoms with E-state index < -0.39 is 17.8 Å². The highest BCUT2D eigenvalue weighted by molar-refractivity contribution is 6.36. The summed E-state index contributed by atoms with van der Waals surface area (Å²) >= 11 is 12.2. The third-order valence-electron chi connectivity index (χ3n) is 4.96. The molecule has 6 nitrogen and oxygen atoms in total. The molecule has 158 valence electrons. The van der Waals surface area contributed by atoms with E-state index in [4.69, 9.17) is 23.2 Å². The van der Waals surface area contributed by atoms with Crippen LogP contribution in [0.1, 0.15) is 16.2 Å². The van der Waals surface area contributed by atoms with Gasteiger partial charge in [-0.05, 0) is 25.2 Å². The van der Waals surface area contributed by atoms with E-state index in [1.54, 1.807) is 24.3 Å². The van der Waals surface area contributed by atoms with Gasteiger partial charge in [0.05, 0.1) is 5.69 Å². The van der Waals surface area contributed by atoms with Gasteiger partial charge < -0.3 is 9.80 Å². The molecule has 1 aliphatic heterocycles. The zero-order valence-electron chi connectivity index (χ0n) is 15.7. The lowest BCUT2D eigenvalue weighted by Gasteiger charge is -2.31. The molecule has 0 N–H and O–H groups in total. The monoisotopic (exact) mass is 457 g/mol. The smallest absolute Gasteiger partial charge is 0.335 e. The minimum Gasteiger partial charge on any atom is -0.335 e. The predicted molar refractivity (Wildman–Crippen MR) is 107 cm³/mol. The van der Waals surface area contributed by atoms with Gasteiger partial charge in [-0.15, -0.1) is 0 Å². The summed E-state index contributed by atoms with van der Waals surface area (Å²) in [5.41, 5.74) is -1.07. The lowest BCUT2D eigenvalue weighted by molar-refractivity contribution is -0.142. The molecule has 1 saturated heterocycles. The number of carbonyl (C=O) groups is 1. The third-order valence-corrected chi connectivity index (χ3v) is 5.56. The van der Waals surface area contributed by atoms with Gasteiger partial charge >= 0.3 is 6.18 Å². The Morgan fingerprint density at radius 2 is 1.70 bits per heavy atom. The number of benzene rings is 1. The lowest BCUT2D eigenvalue weighted by atomic mass is 10.1. The third kappa shape index (κ3) is 3.84. The van der Waals surface area contributed by atoms with Gasteiger partial charge in [0.15, 0.2) is 17.0 Å². The van der Waals surface area contributed by atoms with Gasteiger partial charge in [0.1, 0.15) is 5.02 Å². The van der Waals surface area contributed by atoms with E-state index in [9.17, 15) is 18.0 Å². The van der Waals surface area contributed by atoms with Crippen molar-refractivity contribution in [3.63, 3.8) is 0 Å². The molecule has 3 heterocycles. The van der Waals surface area contributed by atoms with Crippen LogP contribution in [-0.2, 0) is 6.18 Å². The lowest BCUT2D eigenvalue weighted by Crippen LogP contribution is -2.47. The fourth-order valence-corrected chi connectivity index (χ4v) is 3.62. The Balaban J connectivity index is 1.84. The molecule has 0 radical (unpaired) electrons. The van der Waals surface area contributed by atoms with Crippen LogP contribution in [0, 0.1) is 0 Å². The summed E-state index contributed by atoms with van der Waals surface area (Å²) in [4.78, 5) is 20.7. The molecule has 30 heavy (non-hydrogen) atoms. The van der Waals surface area contributed by atoms with Crippen LogP contribution in [0.4, 0.5) is 13.2 Å². The number of alkyl halides is 3. The molecule has 4 rings (SSSR count). The van der Waals surface area contributed by atoms with Gasteiger partial charge in [-0.3, -0.25) is 4.79 Å². The Bertz CT molecular complexity index is 1110. The number of likely N-dealkylation sites (N-methyl/N-ethyl adjacent to an activating group) is 1. The highest BCUT2D eigenvalue weighted by Gasteiger charge is 2.37. The second kappa shape index (κ2) is 7.72. The van der Waals surface area contributed by atoms with Crippen LogP contribution < -0.4 is 0 Å². The largest absolute Gasteiger partial charge is 0.433 e. The number of hydrogen-bond acceptors (Lipinski definition) is 4. The van der Waals surface area contributed by atoms with Gasteiger partial charge in [0, 0.05) is 36.8 Å². The van der Waals surface area contributed by atoms with Gasteiger partial charge in [-0.2, -0.15) is 18.3 Å². The van der Waals surface area contributed by atoms with Crippen LogP contribution in [-0.4, -0.2) is 63.5 Å². The number of hydrogen-bond donors (Lipinski definition) is 0. The standard InChI is InChI=1S/C19H16Cl2F3N5O/c1-27-6-8-28(9-7-27)18(30)16-15(21)17-25-13(11-2-4-12(20)5-3-11)10-14(19(22,23)24)29(17)26-16/h2-5,10H,6-9H2,1H3. The van der Waals surface area contributed by atoms with Crippen LogP contribution in [0.2, 0.25) is 10.0 Å². The maximum atomic E-state index is 13.8. The van der Waals surface area contributed by atoms with Gasteiger partial charge in [0.2, 0.25) is 0 Å². The number of amides is 1. The van der Waals surface area contributed by atoms with Crippen LogP contribution >= 0.6 is 23.2 Å². The molecule has 0 saturated carbocycles. The topological polar surface area (TPSA) is 53.7 Å². The van der Waals surface area contributed by atoms with Crippen LogP contribution in [0.3, 0.4) is 0 Å². The first kappa shape index (κ1) is 20.9. The predicted octanol–water partition coefficient (Wildman–Crippen LogP) is 4.11. The van der Waals surface area contributed by atoms with E-state index in [1.807, 2.05) is 7.05 Å². The highest BCUT2D eigenvalue weighted by Crippen LogP contribution is 2.35. The molecule has 1 aliphatic rings. The van der Waals surface area contributed by atoms with Crippen molar-refractivity contribution in [1.82, 2.24) is 24.4 Å². The molecule has 0 unspecified atom stereocenters. The first-order chi connectivity index (χ1) is 14.1. The van der Waals surface area contributed by atoms with E-state index >= 15 is 0 Å². The van der Waals surface area contributed by atoms with Crippen LogP contribution in [0.25, 0.3) is 16.9 Å². The number of nitrogens with zero attached hydrogens (tertiary/aromatic N) is 5. The summed E-state index contributed by atoms with van der Waals surface area (Å²) in [5.74, 6) is -0.514. The molecule has 3 aromatic rings. The van der Waals surface area contributed by atoms with Gasteiger partial charge in [-0.1, -0.05) is 35.3 Å². The van der Waals surface area contributed by atoms with Gasteiger partial charge in [0.25, 0.3) is 5.91 Å². The number of halogens is 5. The second-order valence-electron chi connectivity index (χ2n) is 7.02. The van der Waals surface area contributed by atoms with E-state index in [0.29, 0.717) is 41.3 Å². The molecular formula is C19H16Cl2F3N5O. The second-order valence-corrected chi connectivity index (χ2v) is 7.84. The maximum absolute atomic E-state index is 13.8. The van der Waals surface area contributed by atoms with Crippen molar-refractivity contribution in [2.75, 3.05) is 33.2 Å². The molecule has 0 aliphatic carbocycles. The summed E-state index contributed by atoms with van der Waals surface area (Å²) in [6.07, 6.45) is -4.73. The number of aromatic nitrogens is 3. The number of rotatable bonds is 2. The van der Waals surface area contributed by atoms with E-state index in [0.717, 1.165) is 6.07 Å². The fraction of sp³-hybridized carbons (Fsp3) is 0.316. The summed E-state index contributed by atoms with van der Waals surface area (Å²) in [5, 5.41) is 4.13. The Morgan fingerprint density at radius 3 is 2.30 bits per heavy atom. The Morgan fingerprint density at radius 1 is 1.07 bits per heavy atom. The van der Waals surface area contributed by atoms with Crippen LogP contribution in [0.15, 0.2) is 30.3 Å². The Hall–Kier alpha value is -2.36. The summed E-state index contributed by atoms with van der Waals surface area (Å²) in [6.45, 7) is 2.19. The molecule has 1 aromatic carbocycles. The normalized spacial score (nSPS) is 15.7. The molecule has 0 bridgehead atoms. The minimum atomic E-state index is -4.73. The number of fused-ring (bicyclic) bond motifs is 1. The quantitative estimate of drug-likeness (QED) is 0.580. The molecule has 0 spiro atoms. The van der Waals surface area contributed by atoms with Crippen molar-refractivity contribution in [2.24, 2.45) is 0 Å². The van der Waals surface area contributed by atoms with Crippen molar-refractivity contribution in [3.05, 3.63) is 51.8 Å². The van der Waals surface area contributed by atoms with E-state index in [-0.39, 0.29) is 22.1 Å². The summed E-state index contributed by atoms with van der Waals surface area (Å²) < 4.78 is 41.9. The molecule has 0 atom stereocenters. The Kier molecular flexibility index (Phi) is 5.37. The SMILES string of the molecule is CN1CCN(C(=O)c2nn3c(C(F)(F)F)cc(-c4ccc(Cl)cc4)nc3c2Cl)CC1. The van der Waals surface area contributed by atoms with E-state index in [2.05, 4.69) is 15.0 Å². The molecule has 11 heteroatoms. The molecule has 1 fully saturated rings. The Labute approximate surface area is 179 Å². The fourth-order valence-electron chi connectivity index (χ4n) is 3.26. The number of piperazine rings is 1. The summed E-state index contributed by atoms with van der Waals surface area (Å²) in [7, 11) is 1.93. The van der Waals surface area contributed by atoms with Crippen LogP contribution in [0.5, 0.6) is 0 Å². The molecule has 2 aromatic heterocycles. The zero-order valence-corrected chi connectivity index (χ0v) is 17.3. The van der Waals surface area contributed by atoms with Crippen molar-refractivity contribution in [3.8, 4) is 11.3 Å². The first-order valence-electron chi connectivity index (χ1n) is 9.05. The summed E-state index contributed by atoms with van der Waals surface area (Å²) in [6, 6.07) is 7.10. The van der Waals surface area contributed by atoms with Crippen molar-refractivity contribution in [2.45, 2.75) is 6.18 Å². The van der Waals surface area contributed by atoms with E-state index in [1.165, 1.54) is 4.90 Å². The average Bonchev–Trinajstić information content (AvgIpc) is 3.04. The van der Waals surface area contributed by atoms with Crippen molar-refractivity contribution in [1.29, 1.82) is 0 Å². The van der Waals surface area contributed by atoms with Crippen molar-refractivity contribution < 1.29 is 18.0 Å². The minimum absolute atomic E-state index is 0.0480. The average molecular weight is 458 g/mol. The van der Waals surface area contributed by atoms with Gasteiger partial charge in [-0.25, -0.2) is 9.50 Å². The first-order valence-corrected chi connectivity index (χ1v) is 9.81. The molecular weight excluding hydrogens is 442 g/mol. The maximum Gasteiger partial charge on any atom is 0.433 e. The van der Waals surface area contributed by atoms with Crippen molar-refractivity contribution >= 4 is 34.8 Å². The zero-order chi connectivity index (χ0) is 21.6.